The van der Waals surface area contributed by atoms with Gasteiger partial charge in [-0.1, -0.05) is 78.9 Å². The molecule has 0 spiro atoms. The van der Waals surface area contributed by atoms with Crippen LogP contribution in [0.25, 0.3) is 49.7 Å². The molecule has 0 bridgehead atoms. The van der Waals surface area contributed by atoms with Crippen LogP contribution in [0, 0.1) is 18.3 Å². The average Bonchev–Trinajstić information content (AvgIpc) is 3.45. The molecule has 6 aromatic rings. The van der Waals surface area contributed by atoms with Gasteiger partial charge in [-0.3, -0.25) is 0 Å². The molecule has 0 N–H and O–H groups in total. The van der Waals surface area contributed by atoms with Crippen LogP contribution in [0.2, 0.25) is 0 Å². The summed E-state index contributed by atoms with van der Waals surface area (Å²) in [6.07, 6.45) is 0.0279. The number of alkyl halides is 2. The smallest absolute Gasteiger partial charge is 0.275 e. The van der Waals surface area contributed by atoms with E-state index in [1.807, 2.05) is 66.1 Å². The summed E-state index contributed by atoms with van der Waals surface area (Å²) in [7, 11) is 0. The SMILES string of the molecule is Cc1cc2c(c(C#N)c1-n1c3ccc(-c4ccccc4)cc3c3cc(-c4ccccc4)ccc31)C(F)(F)CC2. The molecule has 0 aliphatic heterocycles. The first-order valence-electron chi connectivity index (χ1n) is 13.1. The van der Waals surface area contributed by atoms with Gasteiger partial charge >= 0.3 is 0 Å². The fraction of sp³-hybridized carbons (Fsp3) is 0.114. The third-order valence-corrected chi connectivity index (χ3v) is 7.96. The summed E-state index contributed by atoms with van der Waals surface area (Å²) in [6.45, 7) is 1.92. The van der Waals surface area contributed by atoms with E-state index in [4.69, 9.17) is 0 Å². The molecular formula is C35H24F2N2. The van der Waals surface area contributed by atoms with Crippen molar-refractivity contribution in [3.63, 3.8) is 0 Å². The minimum Gasteiger partial charge on any atom is -0.308 e. The predicted octanol–water partition coefficient (Wildman–Crippen LogP) is 9.34. The predicted molar refractivity (Wildman–Crippen MR) is 153 cm³/mol. The van der Waals surface area contributed by atoms with E-state index in [0.717, 1.165) is 49.6 Å². The first kappa shape index (κ1) is 23.4. The Morgan fingerprint density at radius 2 is 1.26 bits per heavy atom. The Morgan fingerprint density at radius 3 is 1.77 bits per heavy atom. The monoisotopic (exact) mass is 510 g/mol. The van der Waals surface area contributed by atoms with Gasteiger partial charge in [0, 0.05) is 22.8 Å². The first-order chi connectivity index (χ1) is 19.0. The number of nitrogens with zero attached hydrogens (tertiary/aromatic N) is 2. The zero-order valence-corrected chi connectivity index (χ0v) is 21.4. The van der Waals surface area contributed by atoms with Gasteiger partial charge in [0.25, 0.3) is 5.92 Å². The molecule has 2 nitrogen and oxygen atoms in total. The Hall–Kier alpha value is -4.75. The molecular weight excluding hydrogens is 486 g/mol. The van der Waals surface area contributed by atoms with E-state index in [1.54, 1.807) is 0 Å². The van der Waals surface area contributed by atoms with Gasteiger partial charge in [0.1, 0.15) is 6.07 Å². The lowest BCUT2D eigenvalue weighted by Crippen LogP contribution is -2.13. The highest BCUT2D eigenvalue weighted by atomic mass is 19.3. The topological polar surface area (TPSA) is 28.7 Å². The van der Waals surface area contributed by atoms with Gasteiger partial charge < -0.3 is 4.57 Å². The number of fused-ring (bicyclic) bond motifs is 4. The lowest BCUT2D eigenvalue weighted by Gasteiger charge is -2.19. The van der Waals surface area contributed by atoms with Crippen LogP contribution < -0.4 is 0 Å². The van der Waals surface area contributed by atoms with Crippen molar-refractivity contribution in [2.24, 2.45) is 0 Å². The van der Waals surface area contributed by atoms with E-state index in [2.05, 4.69) is 54.6 Å². The number of halogens is 2. The maximum absolute atomic E-state index is 15.1. The molecule has 1 aromatic heterocycles. The molecule has 1 aliphatic carbocycles. The van der Waals surface area contributed by atoms with Gasteiger partial charge in [-0.25, -0.2) is 8.78 Å². The molecule has 0 saturated heterocycles. The molecule has 5 aromatic carbocycles. The summed E-state index contributed by atoms with van der Waals surface area (Å²) in [5.41, 5.74) is 8.03. The van der Waals surface area contributed by atoms with E-state index in [9.17, 15) is 5.26 Å². The Labute approximate surface area is 225 Å². The maximum Gasteiger partial charge on any atom is 0.275 e. The van der Waals surface area contributed by atoms with Gasteiger partial charge in [-0.05, 0) is 71.0 Å². The lowest BCUT2D eigenvalue weighted by atomic mass is 9.96. The maximum atomic E-state index is 15.1. The van der Waals surface area contributed by atoms with Gasteiger partial charge in [0.15, 0.2) is 0 Å². The molecule has 1 aliphatic rings. The highest BCUT2D eigenvalue weighted by molar-refractivity contribution is 6.12. The van der Waals surface area contributed by atoms with Crippen LogP contribution in [0.3, 0.4) is 0 Å². The number of aromatic nitrogens is 1. The van der Waals surface area contributed by atoms with Gasteiger partial charge in [0.2, 0.25) is 0 Å². The third kappa shape index (κ3) is 3.58. The standard InChI is InChI=1S/C35H24F2N2/c1-22-18-27-16-17-35(36,37)33(27)30(21-38)34(22)39-31-14-12-25(23-8-4-2-5-9-23)19-28(31)29-20-26(13-15-32(29)39)24-10-6-3-7-11-24/h2-15,18-20H,16-17H2,1H3. The Kier molecular flexibility index (Phi) is 5.18. The summed E-state index contributed by atoms with van der Waals surface area (Å²) < 4.78 is 32.2. The van der Waals surface area contributed by atoms with E-state index < -0.39 is 5.92 Å². The number of benzene rings is 5. The van der Waals surface area contributed by atoms with Crippen LogP contribution in [0.1, 0.15) is 28.7 Å². The molecule has 7 rings (SSSR count). The van der Waals surface area contributed by atoms with E-state index in [0.29, 0.717) is 11.3 Å². The fourth-order valence-corrected chi connectivity index (χ4v) is 6.19. The molecule has 4 heteroatoms. The summed E-state index contributed by atoms with van der Waals surface area (Å²) in [5, 5.41) is 12.3. The lowest BCUT2D eigenvalue weighted by molar-refractivity contribution is -0.00208. The molecule has 188 valence electrons. The highest BCUT2D eigenvalue weighted by Crippen LogP contribution is 2.47. The summed E-state index contributed by atoms with van der Waals surface area (Å²) in [5.74, 6) is -3.01. The second-order valence-electron chi connectivity index (χ2n) is 10.3. The van der Waals surface area contributed by atoms with Gasteiger partial charge in [-0.2, -0.15) is 5.26 Å². The van der Waals surface area contributed by atoms with Crippen molar-refractivity contribution in [1.82, 2.24) is 4.57 Å². The minimum atomic E-state index is -3.01. The molecule has 1 heterocycles. The van der Waals surface area contributed by atoms with E-state index in [-0.39, 0.29) is 24.0 Å². The van der Waals surface area contributed by atoms with Gasteiger partial charge in [0.05, 0.1) is 22.3 Å². The van der Waals surface area contributed by atoms with E-state index >= 15 is 8.78 Å². The van der Waals surface area contributed by atoms with Crippen LogP contribution in [0.4, 0.5) is 8.78 Å². The second kappa shape index (κ2) is 8.64. The second-order valence-corrected chi connectivity index (χ2v) is 10.3. The highest BCUT2D eigenvalue weighted by Gasteiger charge is 2.43. The third-order valence-electron chi connectivity index (χ3n) is 7.96. The molecule has 0 amide bonds. The van der Waals surface area contributed by atoms with Crippen molar-refractivity contribution in [3.8, 4) is 34.0 Å². The van der Waals surface area contributed by atoms with Crippen molar-refractivity contribution in [2.75, 3.05) is 0 Å². The summed E-state index contributed by atoms with van der Waals surface area (Å²) in [4.78, 5) is 0. The first-order valence-corrected chi connectivity index (χ1v) is 13.1. The zero-order valence-electron chi connectivity index (χ0n) is 21.4. The minimum absolute atomic E-state index is 0.0746. The molecule has 0 fully saturated rings. The van der Waals surface area contributed by atoms with Crippen LogP contribution in [-0.2, 0) is 12.3 Å². The summed E-state index contributed by atoms with van der Waals surface area (Å²) in [6, 6.07) is 37.0. The number of rotatable bonds is 3. The van der Waals surface area contributed by atoms with Gasteiger partial charge in [-0.15, -0.1) is 0 Å². The molecule has 0 unspecified atom stereocenters. The average molecular weight is 511 g/mol. The Bertz CT molecular complexity index is 1850. The van der Waals surface area contributed by atoms with Crippen molar-refractivity contribution >= 4 is 21.8 Å². The quantitative estimate of drug-likeness (QED) is 0.233. The van der Waals surface area contributed by atoms with Crippen molar-refractivity contribution in [2.45, 2.75) is 25.7 Å². The van der Waals surface area contributed by atoms with Crippen molar-refractivity contribution < 1.29 is 8.78 Å². The van der Waals surface area contributed by atoms with Crippen LogP contribution in [0.15, 0.2) is 103 Å². The number of nitriles is 1. The summed E-state index contributed by atoms with van der Waals surface area (Å²) >= 11 is 0. The molecule has 0 radical (unpaired) electrons. The number of hydrogen-bond acceptors (Lipinski definition) is 1. The zero-order chi connectivity index (χ0) is 26.7. The molecule has 0 saturated carbocycles. The van der Waals surface area contributed by atoms with Crippen LogP contribution in [0.5, 0.6) is 0 Å². The van der Waals surface area contributed by atoms with Crippen molar-refractivity contribution in [1.29, 1.82) is 5.26 Å². The Balaban J connectivity index is 1.59. The molecule has 0 atom stereocenters. The normalized spacial score (nSPS) is 14.0. The number of aryl methyl sites for hydroxylation is 2. The molecule has 39 heavy (non-hydrogen) atoms. The van der Waals surface area contributed by atoms with Crippen molar-refractivity contribution in [3.05, 3.63) is 125 Å². The number of hydrogen-bond donors (Lipinski definition) is 0. The van der Waals surface area contributed by atoms with Crippen LogP contribution >= 0.6 is 0 Å². The van der Waals surface area contributed by atoms with Crippen LogP contribution in [-0.4, -0.2) is 4.57 Å². The Morgan fingerprint density at radius 1 is 0.718 bits per heavy atom. The fourth-order valence-electron chi connectivity index (χ4n) is 6.19. The largest absolute Gasteiger partial charge is 0.308 e. The van der Waals surface area contributed by atoms with E-state index in [1.165, 1.54) is 0 Å².